The molecular formula is C10H13BrFN. The quantitative estimate of drug-likeness (QED) is 0.864. The van der Waals surface area contributed by atoms with E-state index in [1.807, 2.05) is 20.0 Å². The molecule has 1 aromatic rings. The Kier molecular flexibility index (Phi) is 3.88. The van der Waals surface area contributed by atoms with Crippen molar-refractivity contribution in [1.29, 1.82) is 0 Å². The Balaban J connectivity index is 2.81. The Morgan fingerprint density at radius 2 is 2.23 bits per heavy atom. The van der Waals surface area contributed by atoms with Crippen molar-refractivity contribution in [3.8, 4) is 0 Å². The average molecular weight is 246 g/mol. The third-order valence-corrected chi connectivity index (χ3v) is 2.52. The molecule has 3 heteroatoms. The summed E-state index contributed by atoms with van der Waals surface area (Å²) in [6.45, 7) is 2.03. The average Bonchev–Trinajstić information content (AvgIpc) is 2.11. The van der Waals surface area contributed by atoms with Gasteiger partial charge in [-0.3, -0.25) is 0 Å². The fourth-order valence-electron chi connectivity index (χ4n) is 1.13. The van der Waals surface area contributed by atoms with Crippen LogP contribution in [0.3, 0.4) is 0 Å². The summed E-state index contributed by atoms with van der Waals surface area (Å²) >= 11 is 3.32. The third-order valence-electron chi connectivity index (χ3n) is 2.03. The van der Waals surface area contributed by atoms with Gasteiger partial charge in [0.1, 0.15) is 5.82 Å². The largest absolute Gasteiger partial charge is 0.317 e. The van der Waals surface area contributed by atoms with Gasteiger partial charge in [-0.1, -0.05) is 15.9 Å². The first-order chi connectivity index (χ1) is 6.13. The highest BCUT2D eigenvalue weighted by Crippen LogP contribution is 2.16. The summed E-state index contributed by atoms with van der Waals surface area (Å²) in [5, 5.41) is 3.08. The van der Waals surface area contributed by atoms with Gasteiger partial charge in [0, 0.05) is 10.5 Å². The van der Waals surface area contributed by atoms with Crippen LogP contribution in [0.5, 0.6) is 0 Å². The molecule has 72 valence electrons. The number of halogens is 2. The van der Waals surface area contributed by atoms with Gasteiger partial charge >= 0.3 is 0 Å². The Labute approximate surface area is 86.5 Å². The van der Waals surface area contributed by atoms with Crippen LogP contribution in [0.25, 0.3) is 0 Å². The Hall–Kier alpha value is -0.410. The number of rotatable bonds is 3. The first-order valence-corrected chi connectivity index (χ1v) is 5.04. The number of nitrogens with one attached hydrogen (secondary N) is 1. The number of benzene rings is 1. The van der Waals surface area contributed by atoms with E-state index in [-0.39, 0.29) is 5.82 Å². The normalized spacial score (nSPS) is 12.9. The van der Waals surface area contributed by atoms with E-state index in [0.717, 1.165) is 10.0 Å². The summed E-state index contributed by atoms with van der Waals surface area (Å²) < 4.78 is 14.1. The second kappa shape index (κ2) is 4.72. The lowest BCUT2D eigenvalue weighted by Crippen LogP contribution is -2.23. The standard InChI is InChI=1S/C10H13BrFN/c1-7(13-2)5-8-6-9(11)3-4-10(8)12/h3-4,6-7,13H,5H2,1-2H3. The van der Waals surface area contributed by atoms with Crippen LogP contribution in [0.15, 0.2) is 22.7 Å². The van der Waals surface area contributed by atoms with Gasteiger partial charge in [0.15, 0.2) is 0 Å². The zero-order valence-electron chi connectivity index (χ0n) is 7.77. The van der Waals surface area contributed by atoms with Gasteiger partial charge in [-0.2, -0.15) is 0 Å². The minimum atomic E-state index is -0.134. The maximum atomic E-state index is 13.2. The molecule has 0 radical (unpaired) electrons. The van der Waals surface area contributed by atoms with Crippen molar-refractivity contribution in [2.75, 3.05) is 7.05 Å². The zero-order chi connectivity index (χ0) is 9.84. The molecule has 0 amide bonds. The molecule has 0 saturated heterocycles. The van der Waals surface area contributed by atoms with Crippen molar-refractivity contribution >= 4 is 15.9 Å². The molecule has 1 nitrogen and oxygen atoms in total. The predicted molar refractivity (Wildman–Crippen MR) is 56.3 cm³/mol. The molecule has 0 aliphatic heterocycles. The molecule has 1 aromatic carbocycles. The van der Waals surface area contributed by atoms with E-state index in [1.165, 1.54) is 6.07 Å². The van der Waals surface area contributed by atoms with Gasteiger partial charge in [0.25, 0.3) is 0 Å². The molecule has 0 bridgehead atoms. The second-order valence-electron chi connectivity index (χ2n) is 3.13. The van der Waals surface area contributed by atoms with Gasteiger partial charge in [0.05, 0.1) is 0 Å². The maximum absolute atomic E-state index is 13.2. The van der Waals surface area contributed by atoms with Crippen molar-refractivity contribution in [3.63, 3.8) is 0 Å². The van der Waals surface area contributed by atoms with Gasteiger partial charge in [0.2, 0.25) is 0 Å². The summed E-state index contributed by atoms with van der Waals surface area (Å²) in [7, 11) is 1.88. The summed E-state index contributed by atoms with van der Waals surface area (Å²) in [5.74, 6) is -0.134. The summed E-state index contributed by atoms with van der Waals surface area (Å²) in [6, 6.07) is 5.32. The molecule has 0 fully saturated rings. The van der Waals surface area contributed by atoms with Gasteiger partial charge in [-0.15, -0.1) is 0 Å². The summed E-state index contributed by atoms with van der Waals surface area (Å²) in [4.78, 5) is 0. The number of hydrogen-bond donors (Lipinski definition) is 1. The molecule has 0 aromatic heterocycles. The molecular weight excluding hydrogens is 233 g/mol. The summed E-state index contributed by atoms with van der Waals surface area (Å²) in [5.41, 5.74) is 0.747. The monoisotopic (exact) mass is 245 g/mol. The summed E-state index contributed by atoms with van der Waals surface area (Å²) in [6.07, 6.45) is 0.710. The minimum absolute atomic E-state index is 0.134. The van der Waals surface area contributed by atoms with Crippen LogP contribution >= 0.6 is 15.9 Å². The van der Waals surface area contributed by atoms with Crippen molar-refractivity contribution in [3.05, 3.63) is 34.1 Å². The van der Waals surface area contributed by atoms with E-state index in [1.54, 1.807) is 6.07 Å². The van der Waals surface area contributed by atoms with Crippen molar-refractivity contribution in [2.24, 2.45) is 0 Å². The lowest BCUT2D eigenvalue weighted by Gasteiger charge is -2.10. The van der Waals surface area contributed by atoms with Crippen molar-refractivity contribution in [2.45, 2.75) is 19.4 Å². The molecule has 0 saturated carbocycles. The van der Waals surface area contributed by atoms with Crippen LogP contribution < -0.4 is 5.32 Å². The van der Waals surface area contributed by atoms with Crippen LogP contribution in [0.1, 0.15) is 12.5 Å². The van der Waals surface area contributed by atoms with Gasteiger partial charge < -0.3 is 5.32 Å². The van der Waals surface area contributed by atoms with E-state index in [2.05, 4.69) is 21.2 Å². The zero-order valence-corrected chi connectivity index (χ0v) is 9.36. The highest BCUT2D eigenvalue weighted by Gasteiger charge is 2.06. The van der Waals surface area contributed by atoms with Crippen molar-refractivity contribution < 1.29 is 4.39 Å². The highest BCUT2D eigenvalue weighted by molar-refractivity contribution is 9.10. The molecule has 0 heterocycles. The maximum Gasteiger partial charge on any atom is 0.126 e. The van der Waals surface area contributed by atoms with Crippen LogP contribution in [-0.4, -0.2) is 13.1 Å². The Morgan fingerprint density at radius 1 is 1.54 bits per heavy atom. The molecule has 0 spiro atoms. The third kappa shape index (κ3) is 3.08. The minimum Gasteiger partial charge on any atom is -0.317 e. The second-order valence-corrected chi connectivity index (χ2v) is 4.05. The highest BCUT2D eigenvalue weighted by atomic mass is 79.9. The molecule has 0 aliphatic rings. The van der Waals surface area contributed by atoms with Crippen molar-refractivity contribution in [1.82, 2.24) is 5.32 Å². The molecule has 1 unspecified atom stereocenters. The number of hydrogen-bond acceptors (Lipinski definition) is 1. The molecule has 0 aliphatic carbocycles. The smallest absolute Gasteiger partial charge is 0.126 e. The fourth-order valence-corrected chi connectivity index (χ4v) is 1.54. The molecule has 13 heavy (non-hydrogen) atoms. The van der Waals surface area contributed by atoms with Crippen LogP contribution in [-0.2, 0) is 6.42 Å². The van der Waals surface area contributed by atoms with E-state index in [4.69, 9.17) is 0 Å². The van der Waals surface area contributed by atoms with Crippen LogP contribution in [0, 0.1) is 5.82 Å². The lowest BCUT2D eigenvalue weighted by atomic mass is 10.1. The van der Waals surface area contributed by atoms with E-state index < -0.39 is 0 Å². The lowest BCUT2D eigenvalue weighted by molar-refractivity contribution is 0.564. The first-order valence-electron chi connectivity index (χ1n) is 4.24. The Morgan fingerprint density at radius 3 is 2.85 bits per heavy atom. The van der Waals surface area contributed by atoms with Gasteiger partial charge in [-0.25, -0.2) is 4.39 Å². The predicted octanol–water partition coefficient (Wildman–Crippen LogP) is 2.74. The SMILES string of the molecule is CNC(C)Cc1cc(Br)ccc1F. The van der Waals surface area contributed by atoms with E-state index in [9.17, 15) is 4.39 Å². The fraction of sp³-hybridized carbons (Fsp3) is 0.400. The van der Waals surface area contributed by atoms with Gasteiger partial charge in [-0.05, 0) is 44.2 Å². The van der Waals surface area contributed by atoms with Crippen LogP contribution in [0.4, 0.5) is 4.39 Å². The topological polar surface area (TPSA) is 12.0 Å². The van der Waals surface area contributed by atoms with Crippen LogP contribution in [0.2, 0.25) is 0 Å². The molecule has 1 atom stereocenters. The van der Waals surface area contributed by atoms with E-state index >= 15 is 0 Å². The molecule has 1 rings (SSSR count). The molecule has 1 N–H and O–H groups in total. The number of likely N-dealkylation sites (N-methyl/N-ethyl adjacent to an activating group) is 1. The first kappa shape index (κ1) is 10.7. The van der Waals surface area contributed by atoms with E-state index in [0.29, 0.717) is 12.5 Å². The Bertz CT molecular complexity index is 288.